The number of benzene rings is 3. The van der Waals surface area contributed by atoms with Gasteiger partial charge in [0, 0.05) is 22.6 Å². The van der Waals surface area contributed by atoms with Crippen molar-refractivity contribution in [1.29, 1.82) is 0 Å². The molecule has 5 nitrogen and oxygen atoms in total. The Morgan fingerprint density at radius 3 is 2.55 bits per heavy atom. The molecule has 0 aliphatic carbocycles. The molecule has 0 saturated carbocycles. The van der Waals surface area contributed by atoms with Crippen molar-refractivity contribution in [2.24, 2.45) is 5.10 Å². The standard InChI is InChI=1S/C25H25ClN2O3/c1-18-11-12-19(2)24(15-18)31-14-6-13-30-23-10-4-3-7-21(23)17-27-28-25(29)20-8-5-9-22(26)16-20/h3-5,7-12,15-17H,6,13-14H2,1-2H3,(H,28,29)/b27-17-. The van der Waals surface area contributed by atoms with Crippen LogP contribution in [0, 0.1) is 13.8 Å². The lowest BCUT2D eigenvalue weighted by molar-refractivity contribution is 0.0955. The molecule has 1 amide bonds. The first kappa shape index (κ1) is 22.4. The fourth-order valence-corrected chi connectivity index (χ4v) is 3.05. The molecular formula is C25H25ClN2O3. The number of hydrazone groups is 1. The van der Waals surface area contributed by atoms with E-state index in [-0.39, 0.29) is 5.91 Å². The molecular weight excluding hydrogens is 412 g/mol. The number of hydrogen-bond donors (Lipinski definition) is 1. The first-order valence-electron chi connectivity index (χ1n) is 10.0. The van der Waals surface area contributed by atoms with Gasteiger partial charge in [-0.25, -0.2) is 5.43 Å². The van der Waals surface area contributed by atoms with Crippen LogP contribution >= 0.6 is 11.6 Å². The zero-order valence-electron chi connectivity index (χ0n) is 17.6. The predicted octanol–water partition coefficient (Wildman–Crippen LogP) is 5.57. The maximum absolute atomic E-state index is 12.1. The van der Waals surface area contributed by atoms with Gasteiger partial charge in [0.05, 0.1) is 19.4 Å². The average Bonchev–Trinajstić information content (AvgIpc) is 2.76. The molecule has 0 heterocycles. The number of ether oxygens (including phenoxy) is 2. The molecule has 1 N–H and O–H groups in total. The third kappa shape index (κ3) is 6.86. The summed E-state index contributed by atoms with van der Waals surface area (Å²) in [6.45, 7) is 5.15. The summed E-state index contributed by atoms with van der Waals surface area (Å²) < 4.78 is 11.7. The number of amides is 1. The van der Waals surface area contributed by atoms with Crippen LogP contribution in [0.1, 0.15) is 33.5 Å². The maximum atomic E-state index is 12.1. The van der Waals surface area contributed by atoms with Crippen LogP contribution in [0.5, 0.6) is 11.5 Å². The van der Waals surface area contributed by atoms with Crippen LogP contribution in [0.2, 0.25) is 5.02 Å². The average molecular weight is 437 g/mol. The highest BCUT2D eigenvalue weighted by molar-refractivity contribution is 6.30. The van der Waals surface area contributed by atoms with Crippen LogP contribution in [0.15, 0.2) is 71.8 Å². The molecule has 0 spiro atoms. The molecule has 0 atom stereocenters. The Labute approximate surface area is 187 Å². The summed E-state index contributed by atoms with van der Waals surface area (Å²) in [4.78, 5) is 12.1. The van der Waals surface area contributed by atoms with Crippen molar-refractivity contribution in [3.8, 4) is 11.5 Å². The summed E-state index contributed by atoms with van der Waals surface area (Å²) in [5.74, 6) is 1.26. The first-order chi connectivity index (χ1) is 15.0. The second-order valence-electron chi connectivity index (χ2n) is 7.07. The smallest absolute Gasteiger partial charge is 0.271 e. The number of nitrogens with one attached hydrogen (secondary N) is 1. The van der Waals surface area contributed by atoms with Gasteiger partial charge in [0.15, 0.2) is 0 Å². The van der Waals surface area contributed by atoms with Crippen LogP contribution in [0.3, 0.4) is 0 Å². The molecule has 0 bridgehead atoms. The van der Waals surface area contributed by atoms with Gasteiger partial charge in [-0.05, 0) is 61.4 Å². The van der Waals surface area contributed by atoms with E-state index in [1.807, 2.05) is 44.2 Å². The minimum absolute atomic E-state index is 0.333. The molecule has 31 heavy (non-hydrogen) atoms. The zero-order chi connectivity index (χ0) is 22.1. The fourth-order valence-electron chi connectivity index (χ4n) is 2.86. The van der Waals surface area contributed by atoms with E-state index in [2.05, 4.69) is 22.7 Å². The Hall–Kier alpha value is -3.31. The maximum Gasteiger partial charge on any atom is 0.271 e. The van der Waals surface area contributed by atoms with Crippen LogP contribution in [-0.4, -0.2) is 25.3 Å². The van der Waals surface area contributed by atoms with Crippen LogP contribution in [-0.2, 0) is 0 Å². The van der Waals surface area contributed by atoms with E-state index in [9.17, 15) is 4.79 Å². The van der Waals surface area contributed by atoms with Crippen LogP contribution in [0.4, 0.5) is 0 Å². The van der Waals surface area contributed by atoms with Crippen LogP contribution < -0.4 is 14.9 Å². The lowest BCUT2D eigenvalue weighted by Crippen LogP contribution is -2.17. The van der Waals surface area contributed by atoms with Crippen molar-refractivity contribution in [3.05, 3.63) is 94.0 Å². The van der Waals surface area contributed by atoms with Gasteiger partial charge in [-0.1, -0.05) is 41.9 Å². The molecule has 0 radical (unpaired) electrons. The second-order valence-corrected chi connectivity index (χ2v) is 7.50. The predicted molar refractivity (Wildman–Crippen MR) is 124 cm³/mol. The quantitative estimate of drug-likeness (QED) is 0.271. The molecule has 0 saturated heterocycles. The normalized spacial score (nSPS) is 10.8. The van der Waals surface area contributed by atoms with E-state index < -0.39 is 0 Å². The Morgan fingerprint density at radius 2 is 1.74 bits per heavy atom. The minimum Gasteiger partial charge on any atom is -0.493 e. The number of para-hydroxylation sites is 1. The minimum atomic E-state index is -0.333. The molecule has 0 aromatic heterocycles. The molecule has 6 heteroatoms. The van der Waals surface area contributed by atoms with Gasteiger partial charge in [0.2, 0.25) is 0 Å². The van der Waals surface area contributed by atoms with Gasteiger partial charge >= 0.3 is 0 Å². The van der Waals surface area contributed by atoms with Crippen molar-refractivity contribution in [1.82, 2.24) is 5.43 Å². The highest BCUT2D eigenvalue weighted by Gasteiger charge is 2.05. The molecule has 3 rings (SSSR count). The number of hydrogen-bond acceptors (Lipinski definition) is 4. The second kappa shape index (κ2) is 11.2. The summed E-state index contributed by atoms with van der Waals surface area (Å²) in [5, 5.41) is 4.54. The summed E-state index contributed by atoms with van der Waals surface area (Å²) in [5.41, 5.74) is 6.01. The Kier molecular flexibility index (Phi) is 8.07. The summed E-state index contributed by atoms with van der Waals surface area (Å²) in [7, 11) is 0. The van der Waals surface area contributed by atoms with E-state index in [1.165, 1.54) is 5.56 Å². The number of carbonyl (C=O) groups is 1. The van der Waals surface area contributed by atoms with Gasteiger partial charge < -0.3 is 9.47 Å². The Morgan fingerprint density at radius 1 is 0.968 bits per heavy atom. The molecule has 0 aliphatic heterocycles. The largest absolute Gasteiger partial charge is 0.493 e. The topological polar surface area (TPSA) is 59.9 Å². The summed E-state index contributed by atoms with van der Waals surface area (Å²) >= 11 is 5.92. The van der Waals surface area contributed by atoms with E-state index in [0.29, 0.717) is 29.5 Å². The molecule has 0 fully saturated rings. The molecule has 0 aliphatic rings. The Balaban J connectivity index is 1.49. The molecule has 3 aromatic carbocycles. The number of aryl methyl sites for hydroxylation is 2. The lowest BCUT2D eigenvalue weighted by atomic mass is 10.1. The third-order valence-corrected chi connectivity index (χ3v) is 4.76. The van der Waals surface area contributed by atoms with Gasteiger partial charge in [-0.2, -0.15) is 5.10 Å². The monoisotopic (exact) mass is 436 g/mol. The number of carbonyl (C=O) groups excluding carboxylic acids is 1. The summed E-state index contributed by atoms with van der Waals surface area (Å²) in [6.07, 6.45) is 2.30. The van der Waals surface area contributed by atoms with Gasteiger partial charge in [0.1, 0.15) is 11.5 Å². The third-order valence-electron chi connectivity index (χ3n) is 4.52. The number of nitrogens with zero attached hydrogens (tertiary/aromatic N) is 1. The van der Waals surface area contributed by atoms with Crippen molar-refractivity contribution < 1.29 is 14.3 Å². The van der Waals surface area contributed by atoms with Crippen molar-refractivity contribution in [3.63, 3.8) is 0 Å². The summed E-state index contributed by atoms with van der Waals surface area (Å²) in [6, 6.07) is 20.4. The van der Waals surface area contributed by atoms with Crippen molar-refractivity contribution in [2.45, 2.75) is 20.3 Å². The lowest BCUT2D eigenvalue weighted by Gasteiger charge is -2.11. The van der Waals surface area contributed by atoms with E-state index in [4.69, 9.17) is 21.1 Å². The first-order valence-corrected chi connectivity index (χ1v) is 10.4. The highest BCUT2D eigenvalue weighted by atomic mass is 35.5. The van der Waals surface area contributed by atoms with E-state index >= 15 is 0 Å². The van der Waals surface area contributed by atoms with E-state index in [0.717, 1.165) is 23.3 Å². The Bertz CT molecular complexity index is 1070. The molecule has 3 aromatic rings. The van der Waals surface area contributed by atoms with Gasteiger partial charge in [-0.3, -0.25) is 4.79 Å². The van der Waals surface area contributed by atoms with Gasteiger partial charge in [0.25, 0.3) is 5.91 Å². The SMILES string of the molecule is Cc1ccc(C)c(OCCCOc2ccccc2/C=N\NC(=O)c2cccc(Cl)c2)c1. The zero-order valence-corrected chi connectivity index (χ0v) is 18.4. The molecule has 160 valence electrons. The number of halogens is 1. The number of rotatable bonds is 9. The fraction of sp³-hybridized carbons (Fsp3) is 0.200. The van der Waals surface area contributed by atoms with Gasteiger partial charge in [-0.15, -0.1) is 0 Å². The van der Waals surface area contributed by atoms with E-state index in [1.54, 1.807) is 30.5 Å². The van der Waals surface area contributed by atoms with Crippen molar-refractivity contribution in [2.75, 3.05) is 13.2 Å². The van der Waals surface area contributed by atoms with Crippen LogP contribution in [0.25, 0.3) is 0 Å². The van der Waals surface area contributed by atoms with Crippen molar-refractivity contribution >= 4 is 23.7 Å². The molecule has 0 unspecified atom stereocenters. The highest BCUT2D eigenvalue weighted by Crippen LogP contribution is 2.20.